The second kappa shape index (κ2) is 9.03. The summed E-state index contributed by atoms with van der Waals surface area (Å²) in [6, 6.07) is 8.00. The quantitative estimate of drug-likeness (QED) is 0.786. The van der Waals surface area contributed by atoms with E-state index in [-0.39, 0.29) is 11.8 Å². The number of likely N-dealkylation sites (N-methyl/N-ethyl adjacent to an activating group) is 1. The fraction of sp³-hybridized carbons (Fsp3) is 0.542. The van der Waals surface area contributed by atoms with Crippen molar-refractivity contribution in [1.29, 1.82) is 0 Å². The van der Waals surface area contributed by atoms with Gasteiger partial charge >= 0.3 is 0 Å². The van der Waals surface area contributed by atoms with Crippen molar-refractivity contribution >= 4 is 17.4 Å². The number of anilines is 2. The van der Waals surface area contributed by atoms with Gasteiger partial charge in [-0.25, -0.2) is 9.97 Å². The first-order chi connectivity index (χ1) is 15.6. The number of likely N-dealkylation sites (tertiary alicyclic amines) is 1. The SMILES string of the molecule is CNc1nc([C@H]2CCN(C(=O)c3ccc(N4CCOCC4)cc3)C2)nc2c1CCN(C)C2. The zero-order chi connectivity index (χ0) is 22.1. The van der Waals surface area contributed by atoms with Crippen LogP contribution in [0.25, 0.3) is 0 Å². The van der Waals surface area contributed by atoms with Gasteiger partial charge in [-0.3, -0.25) is 4.79 Å². The number of carbonyl (C=O) groups is 1. The van der Waals surface area contributed by atoms with Crippen LogP contribution in [0.5, 0.6) is 0 Å². The van der Waals surface area contributed by atoms with E-state index in [2.05, 4.69) is 22.2 Å². The van der Waals surface area contributed by atoms with Crippen molar-refractivity contribution in [3.05, 3.63) is 46.9 Å². The van der Waals surface area contributed by atoms with Crippen LogP contribution in [-0.2, 0) is 17.7 Å². The maximum absolute atomic E-state index is 13.1. The van der Waals surface area contributed by atoms with E-state index in [0.717, 1.165) is 87.4 Å². The number of aromatic nitrogens is 2. The molecular weight excluding hydrogens is 404 g/mol. The summed E-state index contributed by atoms with van der Waals surface area (Å²) < 4.78 is 5.43. The Morgan fingerprint density at radius 1 is 1.09 bits per heavy atom. The van der Waals surface area contributed by atoms with Crippen LogP contribution in [-0.4, -0.2) is 85.7 Å². The van der Waals surface area contributed by atoms with Crippen LogP contribution >= 0.6 is 0 Å². The van der Waals surface area contributed by atoms with E-state index in [1.807, 2.05) is 36.2 Å². The highest BCUT2D eigenvalue weighted by atomic mass is 16.5. The fourth-order valence-corrected chi connectivity index (χ4v) is 4.94. The van der Waals surface area contributed by atoms with Crippen LogP contribution in [0.2, 0.25) is 0 Å². The minimum Gasteiger partial charge on any atom is -0.378 e. The number of nitrogens with one attached hydrogen (secondary N) is 1. The van der Waals surface area contributed by atoms with Crippen molar-refractivity contribution in [2.45, 2.75) is 25.3 Å². The highest BCUT2D eigenvalue weighted by Crippen LogP contribution is 2.30. The Morgan fingerprint density at radius 3 is 2.62 bits per heavy atom. The van der Waals surface area contributed by atoms with Gasteiger partial charge in [0.15, 0.2) is 0 Å². The molecule has 1 aromatic heterocycles. The minimum absolute atomic E-state index is 0.0903. The van der Waals surface area contributed by atoms with Crippen LogP contribution in [0.15, 0.2) is 24.3 Å². The van der Waals surface area contributed by atoms with Crippen LogP contribution < -0.4 is 10.2 Å². The van der Waals surface area contributed by atoms with E-state index in [0.29, 0.717) is 6.54 Å². The molecule has 1 amide bonds. The molecule has 3 aliphatic heterocycles. The summed E-state index contributed by atoms with van der Waals surface area (Å²) in [5, 5.41) is 3.26. The Balaban J connectivity index is 1.28. The summed E-state index contributed by atoms with van der Waals surface area (Å²) in [4.78, 5) is 29.5. The second-order valence-electron chi connectivity index (χ2n) is 8.98. The van der Waals surface area contributed by atoms with E-state index in [4.69, 9.17) is 14.7 Å². The summed E-state index contributed by atoms with van der Waals surface area (Å²) in [5.74, 6) is 2.08. The Hall–Kier alpha value is -2.71. The molecule has 1 N–H and O–H groups in total. The predicted octanol–water partition coefficient (Wildman–Crippen LogP) is 1.97. The first-order valence-electron chi connectivity index (χ1n) is 11.6. The molecule has 2 saturated heterocycles. The topological polar surface area (TPSA) is 73.8 Å². The van der Waals surface area contributed by atoms with E-state index in [1.54, 1.807) is 0 Å². The Kier molecular flexibility index (Phi) is 5.97. The number of nitrogens with zero attached hydrogens (tertiary/aromatic N) is 5. The number of ether oxygens (including phenoxy) is 1. The van der Waals surface area contributed by atoms with Crippen LogP contribution in [0.1, 0.15) is 39.8 Å². The normalized spacial score (nSPS) is 21.5. The number of benzene rings is 1. The average molecular weight is 437 g/mol. The first-order valence-corrected chi connectivity index (χ1v) is 11.6. The lowest BCUT2D eigenvalue weighted by molar-refractivity contribution is 0.0790. The summed E-state index contributed by atoms with van der Waals surface area (Å²) in [6.07, 6.45) is 1.87. The van der Waals surface area contributed by atoms with E-state index >= 15 is 0 Å². The molecule has 1 aromatic carbocycles. The third-order valence-corrected chi connectivity index (χ3v) is 6.84. The standard InChI is InChI=1S/C24H32N6O2/c1-25-23-20-8-9-28(2)16-21(20)26-22(27-23)18-7-10-30(15-18)24(31)17-3-5-19(6-4-17)29-11-13-32-14-12-29/h3-6,18H,7-16H2,1-2H3,(H,25,26,27)/t18-/m0/s1. The molecule has 0 spiro atoms. The van der Waals surface area contributed by atoms with Crippen molar-refractivity contribution < 1.29 is 9.53 Å². The largest absolute Gasteiger partial charge is 0.378 e. The summed E-state index contributed by atoms with van der Waals surface area (Å²) in [7, 11) is 4.06. The maximum Gasteiger partial charge on any atom is 0.253 e. The molecule has 0 saturated carbocycles. The number of morpholine rings is 1. The molecule has 5 rings (SSSR count). The monoisotopic (exact) mass is 436 g/mol. The third kappa shape index (κ3) is 4.17. The van der Waals surface area contributed by atoms with Gasteiger partial charge in [0.25, 0.3) is 5.91 Å². The summed E-state index contributed by atoms with van der Waals surface area (Å²) >= 11 is 0. The van der Waals surface area contributed by atoms with Gasteiger partial charge in [0.05, 0.1) is 18.9 Å². The van der Waals surface area contributed by atoms with Gasteiger partial charge in [-0.15, -0.1) is 0 Å². The maximum atomic E-state index is 13.1. The number of hydrogen-bond acceptors (Lipinski definition) is 7. The average Bonchev–Trinajstić information content (AvgIpc) is 3.34. The van der Waals surface area contributed by atoms with Gasteiger partial charge in [-0.2, -0.15) is 0 Å². The molecule has 0 aliphatic carbocycles. The minimum atomic E-state index is 0.0903. The molecule has 4 heterocycles. The molecule has 170 valence electrons. The molecule has 2 aromatic rings. The number of fused-ring (bicyclic) bond motifs is 1. The Bertz CT molecular complexity index is 973. The Morgan fingerprint density at radius 2 is 1.88 bits per heavy atom. The summed E-state index contributed by atoms with van der Waals surface area (Å²) in [5.41, 5.74) is 4.25. The zero-order valence-corrected chi connectivity index (χ0v) is 19.0. The van der Waals surface area contributed by atoms with Crippen molar-refractivity contribution in [3.8, 4) is 0 Å². The highest BCUT2D eigenvalue weighted by molar-refractivity contribution is 5.94. The molecule has 8 heteroatoms. The van der Waals surface area contributed by atoms with Gasteiger partial charge in [0.1, 0.15) is 11.6 Å². The van der Waals surface area contributed by atoms with Crippen molar-refractivity contribution in [3.63, 3.8) is 0 Å². The van der Waals surface area contributed by atoms with Gasteiger partial charge in [0, 0.05) is 69.0 Å². The zero-order valence-electron chi connectivity index (χ0n) is 19.0. The molecule has 8 nitrogen and oxygen atoms in total. The predicted molar refractivity (Wildman–Crippen MR) is 124 cm³/mol. The van der Waals surface area contributed by atoms with E-state index in [1.165, 1.54) is 5.56 Å². The van der Waals surface area contributed by atoms with Crippen LogP contribution in [0, 0.1) is 0 Å². The lowest BCUT2D eigenvalue weighted by Crippen LogP contribution is -2.36. The molecular formula is C24H32N6O2. The van der Waals surface area contributed by atoms with Gasteiger partial charge in [-0.1, -0.05) is 0 Å². The molecule has 1 atom stereocenters. The second-order valence-corrected chi connectivity index (χ2v) is 8.98. The van der Waals surface area contributed by atoms with Gasteiger partial charge in [-0.05, 0) is 44.2 Å². The van der Waals surface area contributed by atoms with Crippen molar-refractivity contribution in [1.82, 2.24) is 19.8 Å². The molecule has 3 aliphatic rings. The highest BCUT2D eigenvalue weighted by Gasteiger charge is 2.31. The number of carbonyl (C=O) groups excluding carboxylic acids is 1. The molecule has 0 unspecified atom stereocenters. The molecule has 2 fully saturated rings. The fourth-order valence-electron chi connectivity index (χ4n) is 4.94. The number of amides is 1. The third-order valence-electron chi connectivity index (χ3n) is 6.84. The van der Waals surface area contributed by atoms with Gasteiger partial charge in [0.2, 0.25) is 0 Å². The number of rotatable bonds is 4. The number of hydrogen-bond donors (Lipinski definition) is 1. The lowest BCUT2D eigenvalue weighted by atomic mass is 10.0. The molecule has 0 bridgehead atoms. The molecule has 0 radical (unpaired) electrons. The van der Waals surface area contributed by atoms with Crippen LogP contribution in [0.4, 0.5) is 11.5 Å². The smallest absolute Gasteiger partial charge is 0.253 e. The van der Waals surface area contributed by atoms with E-state index in [9.17, 15) is 4.79 Å². The van der Waals surface area contributed by atoms with Crippen molar-refractivity contribution in [2.75, 3.05) is 70.2 Å². The van der Waals surface area contributed by atoms with Crippen LogP contribution in [0.3, 0.4) is 0 Å². The van der Waals surface area contributed by atoms with E-state index < -0.39 is 0 Å². The molecule has 32 heavy (non-hydrogen) atoms. The lowest BCUT2D eigenvalue weighted by Gasteiger charge is -2.29. The first kappa shape index (κ1) is 21.2. The van der Waals surface area contributed by atoms with Crippen molar-refractivity contribution in [2.24, 2.45) is 0 Å². The summed E-state index contributed by atoms with van der Waals surface area (Å²) in [6.45, 7) is 6.59. The Labute approximate surface area is 189 Å². The van der Waals surface area contributed by atoms with Gasteiger partial charge < -0.3 is 24.8 Å².